The molecular formula is C9H15N3O. The summed E-state index contributed by atoms with van der Waals surface area (Å²) in [6.07, 6.45) is 7.25. The molecule has 0 spiro atoms. The molecule has 0 aliphatic heterocycles. The second-order valence-electron chi connectivity index (χ2n) is 3.55. The lowest BCUT2D eigenvalue weighted by molar-refractivity contribution is 0.0357. The summed E-state index contributed by atoms with van der Waals surface area (Å²) in [5.74, 6) is 0. The van der Waals surface area contributed by atoms with Crippen LogP contribution in [-0.2, 0) is 11.3 Å². The van der Waals surface area contributed by atoms with Gasteiger partial charge in [-0.25, -0.2) is 0 Å². The summed E-state index contributed by atoms with van der Waals surface area (Å²) in [4.78, 5) is 0. The molecule has 13 heavy (non-hydrogen) atoms. The Bertz CT molecular complexity index is 247. The van der Waals surface area contributed by atoms with Gasteiger partial charge in [0.2, 0.25) is 0 Å². The van der Waals surface area contributed by atoms with E-state index in [0.29, 0.717) is 6.61 Å². The van der Waals surface area contributed by atoms with Gasteiger partial charge in [0.05, 0.1) is 18.9 Å². The molecule has 1 aliphatic rings. The van der Waals surface area contributed by atoms with Crippen LogP contribution in [-0.4, -0.2) is 22.3 Å². The summed E-state index contributed by atoms with van der Waals surface area (Å²) in [6, 6.07) is 0.229. The highest BCUT2D eigenvalue weighted by molar-refractivity contribution is 5.00. The van der Waals surface area contributed by atoms with Crippen molar-refractivity contribution < 1.29 is 4.74 Å². The van der Waals surface area contributed by atoms with E-state index >= 15 is 0 Å². The summed E-state index contributed by atoms with van der Waals surface area (Å²) < 4.78 is 5.67. The van der Waals surface area contributed by atoms with E-state index in [0.717, 1.165) is 18.4 Å². The van der Waals surface area contributed by atoms with Crippen LogP contribution in [0.4, 0.5) is 0 Å². The van der Waals surface area contributed by atoms with E-state index in [9.17, 15) is 0 Å². The molecule has 0 bridgehead atoms. The van der Waals surface area contributed by atoms with Gasteiger partial charge in [-0.2, -0.15) is 5.10 Å². The van der Waals surface area contributed by atoms with Gasteiger partial charge in [0.25, 0.3) is 0 Å². The van der Waals surface area contributed by atoms with Crippen molar-refractivity contribution in [1.82, 2.24) is 10.2 Å². The number of rotatable bonds is 3. The van der Waals surface area contributed by atoms with Crippen LogP contribution in [0.5, 0.6) is 0 Å². The van der Waals surface area contributed by atoms with E-state index in [1.165, 1.54) is 6.42 Å². The molecule has 3 N–H and O–H groups in total. The van der Waals surface area contributed by atoms with Crippen molar-refractivity contribution in [3.8, 4) is 0 Å². The molecule has 0 saturated heterocycles. The zero-order valence-corrected chi connectivity index (χ0v) is 7.57. The van der Waals surface area contributed by atoms with E-state index in [1.54, 1.807) is 6.20 Å². The lowest BCUT2D eigenvalue weighted by Crippen LogP contribution is -2.31. The van der Waals surface area contributed by atoms with Crippen molar-refractivity contribution in [1.29, 1.82) is 0 Å². The van der Waals surface area contributed by atoms with Crippen LogP contribution >= 0.6 is 0 Å². The Balaban J connectivity index is 1.79. The van der Waals surface area contributed by atoms with E-state index in [-0.39, 0.29) is 12.1 Å². The molecule has 1 saturated carbocycles. The summed E-state index contributed by atoms with van der Waals surface area (Å²) in [6.45, 7) is 0.620. The topological polar surface area (TPSA) is 63.9 Å². The van der Waals surface area contributed by atoms with Crippen LogP contribution in [0.1, 0.15) is 24.8 Å². The first kappa shape index (κ1) is 8.72. The first-order valence-corrected chi connectivity index (χ1v) is 4.71. The molecule has 4 heteroatoms. The molecule has 0 aromatic carbocycles. The van der Waals surface area contributed by atoms with Gasteiger partial charge in [-0.05, 0) is 19.3 Å². The van der Waals surface area contributed by atoms with Crippen molar-refractivity contribution in [3.05, 3.63) is 18.0 Å². The van der Waals surface area contributed by atoms with Crippen LogP contribution in [0.2, 0.25) is 0 Å². The second-order valence-corrected chi connectivity index (χ2v) is 3.55. The molecule has 0 radical (unpaired) electrons. The number of hydrogen-bond donors (Lipinski definition) is 2. The lowest BCUT2D eigenvalue weighted by Gasteiger charge is -2.15. The number of aromatic nitrogens is 2. The molecule has 2 rings (SSSR count). The van der Waals surface area contributed by atoms with Crippen molar-refractivity contribution >= 4 is 0 Å². The summed E-state index contributed by atoms with van der Waals surface area (Å²) in [7, 11) is 0. The number of H-pyrrole nitrogens is 1. The standard InChI is InChI=1S/C9H15N3O/c10-8-2-1-3-9(8)13-6-7-4-11-12-5-7/h4-5,8-9H,1-3,6,10H2,(H,11,12). The number of aromatic amines is 1. The fourth-order valence-electron chi connectivity index (χ4n) is 1.72. The van der Waals surface area contributed by atoms with Crippen LogP contribution in [0.25, 0.3) is 0 Å². The van der Waals surface area contributed by atoms with E-state index in [4.69, 9.17) is 10.5 Å². The average Bonchev–Trinajstić information content (AvgIpc) is 2.72. The molecule has 1 aromatic heterocycles. The third-order valence-electron chi connectivity index (χ3n) is 2.52. The highest BCUT2D eigenvalue weighted by Crippen LogP contribution is 2.21. The smallest absolute Gasteiger partial charge is 0.0752 e. The second kappa shape index (κ2) is 3.89. The minimum absolute atomic E-state index is 0.229. The fourth-order valence-corrected chi connectivity index (χ4v) is 1.72. The Kier molecular flexibility index (Phi) is 2.61. The van der Waals surface area contributed by atoms with Crippen LogP contribution in [0.3, 0.4) is 0 Å². The number of nitrogens with zero attached hydrogens (tertiary/aromatic N) is 1. The Morgan fingerprint density at radius 1 is 1.62 bits per heavy atom. The molecule has 1 aromatic rings. The highest BCUT2D eigenvalue weighted by Gasteiger charge is 2.24. The van der Waals surface area contributed by atoms with Crippen LogP contribution in [0.15, 0.2) is 12.4 Å². The monoisotopic (exact) mass is 181 g/mol. The Hall–Kier alpha value is -0.870. The minimum atomic E-state index is 0.229. The van der Waals surface area contributed by atoms with Gasteiger partial charge in [-0.3, -0.25) is 5.10 Å². The number of hydrogen-bond acceptors (Lipinski definition) is 3. The van der Waals surface area contributed by atoms with Gasteiger partial charge in [0, 0.05) is 17.8 Å². The Morgan fingerprint density at radius 2 is 2.54 bits per heavy atom. The first-order chi connectivity index (χ1) is 6.36. The molecule has 2 atom stereocenters. The molecular weight excluding hydrogens is 166 g/mol. The summed E-state index contributed by atoms with van der Waals surface area (Å²) >= 11 is 0. The van der Waals surface area contributed by atoms with Gasteiger partial charge in [0.15, 0.2) is 0 Å². The SMILES string of the molecule is NC1CCCC1OCc1cn[nH]c1. The third-order valence-corrected chi connectivity index (χ3v) is 2.52. The third kappa shape index (κ3) is 2.08. The van der Waals surface area contributed by atoms with Crippen molar-refractivity contribution in [3.63, 3.8) is 0 Å². The predicted molar refractivity (Wildman–Crippen MR) is 49.0 cm³/mol. The molecule has 72 valence electrons. The van der Waals surface area contributed by atoms with Crippen LogP contribution in [0, 0.1) is 0 Å². The zero-order valence-electron chi connectivity index (χ0n) is 7.57. The largest absolute Gasteiger partial charge is 0.372 e. The number of nitrogens with one attached hydrogen (secondary N) is 1. The molecule has 4 nitrogen and oxygen atoms in total. The quantitative estimate of drug-likeness (QED) is 0.725. The zero-order chi connectivity index (χ0) is 9.10. The number of ether oxygens (including phenoxy) is 1. The maximum Gasteiger partial charge on any atom is 0.0752 e. The van der Waals surface area contributed by atoms with Crippen molar-refractivity contribution in [2.75, 3.05) is 0 Å². The summed E-state index contributed by atoms with van der Waals surface area (Å²) in [5, 5.41) is 6.61. The van der Waals surface area contributed by atoms with Gasteiger partial charge < -0.3 is 10.5 Å². The van der Waals surface area contributed by atoms with Gasteiger partial charge in [-0.1, -0.05) is 0 Å². The normalized spacial score (nSPS) is 28.1. The molecule has 2 unspecified atom stereocenters. The highest BCUT2D eigenvalue weighted by atomic mass is 16.5. The average molecular weight is 181 g/mol. The van der Waals surface area contributed by atoms with Crippen molar-refractivity contribution in [2.45, 2.75) is 38.0 Å². The molecule has 1 fully saturated rings. The lowest BCUT2D eigenvalue weighted by atomic mass is 10.2. The fraction of sp³-hybridized carbons (Fsp3) is 0.667. The van der Waals surface area contributed by atoms with E-state index in [2.05, 4.69) is 10.2 Å². The molecule has 1 aliphatic carbocycles. The van der Waals surface area contributed by atoms with Gasteiger partial charge in [-0.15, -0.1) is 0 Å². The van der Waals surface area contributed by atoms with E-state index in [1.807, 2.05) is 6.20 Å². The number of nitrogens with two attached hydrogens (primary N) is 1. The Labute approximate surface area is 77.5 Å². The van der Waals surface area contributed by atoms with Crippen molar-refractivity contribution in [2.24, 2.45) is 5.73 Å². The molecule has 1 heterocycles. The van der Waals surface area contributed by atoms with Gasteiger partial charge in [0.1, 0.15) is 0 Å². The maximum absolute atomic E-state index is 5.87. The minimum Gasteiger partial charge on any atom is -0.372 e. The van der Waals surface area contributed by atoms with E-state index < -0.39 is 0 Å². The molecule has 0 amide bonds. The summed E-state index contributed by atoms with van der Waals surface area (Å²) in [5.41, 5.74) is 6.95. The predicted octanol–water partition coefficient (Wildman–Crippen LogP) is 0.806. The van der Waals surface area contributed by atoms with Gasteiger partial charge >= 0.3 is 0 Å². The maximum atomic E-state index is 5.87. The Morgan fingerprint density at radius 3 is 3.15 bits per heavy atom. The first-order valence-electron chi connectivity index (χ1n) is 4.71. The van der Waals surface area contributed by atoms with Crippen LogP contribution < -0.4 is 5.73 Å².